The minimum absolute atomic E-state index is 0.288. The van der Waals surface area contributed by atoms with E-state index in [0.29, 0.717) is 6.54 Å². The molecule has 0 bridgehead atoms. The maximum atomic E-state index is 12.2. The highest BCUT2D eigenvalue weighted by Crippen LogP contribution is 1.99. The number of nitrogens with one attached hydrogen (secondary N) is 1. The Bertz CT molecular complexity index is 263. The van der Waals surface area contributed by atoms with Crippen molar-refractivity contribution in [3.8, 4) is 0 Å². The molecule has 1 fully saturated rings. The monoisotopic (exact) mass is 284 g/mol. The minimum Gasteiger partial charge on any atom is -0.339 e. The number of rotatable bonds is 9. The van der Waals surface area contributed by atoms with Gasteiger partial charge >= 0.3 is 0 Å². The van der Waals surface area contributed by atoms with Gasteiger partial charge in [-0.15, -0.1) is 0 Å². The van der Waals surface area contributed by atoms with E-state index in [0.717, 1.165) is 65.3 Å². The van der Waals surface area contributed by atoms with Crippen molar-refractivity contribution < 1.29 is 4.79 Å². The van der Waals surface area contributed by atoms with Crippen LogP contribution in [-0.4, -0.2) is 86.1 Å². The number of hydrogen-bond acceptors (Lipinski definition) is 4. The molecule has 0 saturated carbocycles. The van der Waals surface area contributed by atoms with Crippen molar-refractivity contribution in [2.24, 2.45) is 0 Å². The number of carbonyl (C=O) groups is 1. The lowest BCUT2D eigenvalue weighted by Gasteiger charge is -2.30. The summed E-state index contributed by atoms with van der Waals surface area (Å²) in [6.07, 6.45) is 1.14. The van der Waals surface area contributed by atoms with Crippen LogP contribution in [0.3, 0.4) is 0 Å². The third kappa shape index (κ3) is 6.20. The largest absolute Gasteiger partial charge is 0.339 e. The minimum atomic E-state index is 0.288. The number of piperazine rings is 1. The van der Waals surface area contributed by atoms with E-state index in [1.54, 1.807) is 0 Å². The van der Waals surface area contributed by atoms with E-state index in [4.69, 9.17) is 0 Å². The Morgan fingerprint density at radius 1 is 1.00 bits per heavy atom. The van der Waals surface area contributed by atoms with Crippen LogP contribution >= 0.6 is 0 Å². The van der Waals surface area contributed by atoms with Crippen LogP contribution in [0.1, 0.15) is 27.2 Å². The molecule has 0 aliphatic carbocycles. The van der Waals surface area contributed by atoms with Gasteiger partial charge in [0.2, 0.25) is 5.91 Å². The second-order valence-electron chi connectivity index (χ2n) is 5.38. The van der Waals surface area contributed by atoms with Crippen molar-refractivity contribution >= 4 is 5.91 Å². The van der Waals surface area contributed by atoms with Gasteiger partial charge in [0.25, 0.3) is 0 Å². The van der Waals surface area contributed by atoms with Crippen LogP contribution in [0, 0.1) is 0 Å². The van der Waals surface area contributed by atoms with Gasteiger partial charge in [-0.25, -0.2) is 0 Å². The predicted octanol–water partition coefficient (Wildman–Crippen LogP) is 0.472. The highest BCUT2D eigenvalue weighted by atomic mass is 16.2. The second kappa shape index (κ2) is 10.1. The first-order chi connectivity index (χ1) is 9.71. The molecule has 1 aliphatic rings. The lowest BCUT2D eigenvalue weighted by molar-refractivity contribution is -0.133. The highest BCUT2D eigenvalue weighted by Gasteiger charge is 2.18. The van der Waals surface area contributed by atoms with E-state index >= 15 is 0 Å². The van der Waals surface area contributed by atoms with Crippen molar-refractivity contribution in [1.29, 1.82) is 0 Å². The average molecular weight is 284 g/mol. The molecule has 1 N–H and O–H groups in total. The van der Waals surface area contributed by atoms with Crippen LogP contribution in [-0.2, 0) is 4.79 Å². The zero-order valence-corrected chi connectivity index (χ0v) is 13.5. The summed E-state index contributed by atoms with van der Waals surface area (Å²) in [5.74, 6) is 0.288. The lowest BCUT2D eigenvalue weighted by atomic mass is 10.3. The zero-order valence-electron chi connectivity index (χ0n) is 13.5. The van der Waals surface area contributed by atoms with Crippen LogP contribution in [0.4, 0.5) is 0 Å². The molecule has 0 atom stereocenters. The van der Waals surface area contributed by atoms with Gasteiger partial charge < -0.3 is 15.1 Å². The number of amides is 1. The summed E-state index contributed by atoms with van der Waals surface area (Å²) in [4.78, 5) is 18.9. The molecule has 1 saturated heterocycles. The third-order valence-corrected chi connectivity index (χ3v) is 4.12. The first-order valence-corrected chi connectivity index (χ1v) is 8.14. The summed E-state index contributed by atoms with van der Waals surface area (Å²) < 4.78 is 0. The van der Waals surface area contributed by atoms with E-state index in [1.807, 2.05) is 4.90 Å². The highest BCUT2D eigenvalue weighted by molar-refractivity contribution is 5.78. The molecule has 0 aromatic rings. The molecular weight excluding hydrogens is 252 g/mol. The Morgan fingerprint density at radius 3 is 2.10 bits per heavy atom. The second-order valence-corrected chi connectivity index (χ2v) is 5.38. The molecule has 0 aromatic carbocycles. The summed E-state index contributed by atoms with van der Waals surface area (Å²) in [7, 11) is 0. The van der Waals surface area contributed by atoms with Crippen molar-refractivity contribution in [3.63, 3.8) is 0 Å². The lowest BCUT2D eigenvalue weighted by Crippen LogP contribution is -2.49. The van der Waals surface area contributed by atoms with E-state index < -0.39 is 0 Å². The maximum absolute atomic E-state index is 12.2. The molecule has 0 unspecified atom stereocenters. The van der Waals surface area contributed by atoms with E-state index in [9.17, 15) is 4.79 Å². The summed E-state index contributed by atoms with van der Waals surface area (Å²) in [6, 6.07) is 0. The topological polar surface area (TPSA) is 38.8 Å². The molecule has 0 radical (unpaired) electrons. The summed E-state index contributed by atoms with van der Waals surface area (Å²) in [5, 5.41) is 3.28. The smallest absolute Gasteiger partial charge is 0.236 e. The van der Waals surface area contributed by atoms with Gasteiger partial charge in [0.1, 0.15) is 0 Å². The molecule has 1 heterocycles. The molecule has 1 aliphatic heterocycles. The van der Waals surface area contributed by atoms with Crippen molar-refractivity contribution in [3.05, 3.63) is 0 Å². The molecule has 20 heavy (non-hydrogen) atoms. The Balaban J connectivity index is 2.25. The molecule has 5 heteroatoms. The van der Waals surface area contributed by atoms with Gasteiger partial charge in [0.15, 0.2) is 0 Å². The molecule has 118 valence electrons. The van der Waals surface area contributed by atoms with E-state index in [2.05, 4.69) is 35.9 Å². The van der Waals surface area contributed by atoms with Crippen LogP contribution in [0.2, 0.25) is 0 Å². The fraction of sp³-hybridized carbons (Fsp3) is 0.933. The van der Waals surface area contributed by atoms with E-state index in [-0.39, 0.29) is 5.91 Å². The average Bonchev–Trinajstić information content (AvgIpc) is 2.51. The van der Waals surface area contributed by atoms with Crippen LogP contribution in [0.25, 0.3) is 0 Å². The number of likely N-dealkylation sites (N-methyl/N-ethyl adjacent to an activating group) is 1. The zero-order chi connectivity index (χ0) is 14.8. The first-order valence-electron chi connectivity index (χ1n) is 8.14. The van der Waals surface area contributed by atoms with Crippen molar-refractivity contribution in [2.75, 3.05) is 65.4 Å². The summed E-state index contributed by atoms with van der Waals surface area (Å²) >= 11 is 0. The van der Waals surface area contributed by atoms with Gasteiger partial charge in [-0.1, -0.05) is 20.8 Å². The van der Waals surface area contributed by atoms with Gasteiger partial charge in [-0.3, -0.25) is 9.69 Å². The molecule has 1 rings (SSSR count). The van der Waals surface area contributed by atoms with Crippen molar-refractivity contribution in [1.82, 2.24) is 20.0 Å². The fourth-order valence-electron chi connectivity index (χ4n) is 2.61. The third-order valence-electron chi connectivity index (χ3n) is 4.12. The number of nitrogens with zero attached hydrogens (tertiary/aromatic N) is 3. The fourth-order valence-corrected chi connectivity index (χ4v) is 2.61. The quantitative estimate of drug-likeness (QED) is 0.668. The first kappa shape index (κ1) is 17.4. The normalized spacial score (nSPS) is 16.1. The van der Waals surface area contributed by atoms with Crippen molar-refractivity contribution in [2.45, 2.75) is 27.2 Å². The summed E-state index contributed by atoms with van der Waals surface area (Å²) in [6.45, 7) is 16.0. The Kier molecular flexibility index (Phi) is 8.82. The van der Waals surface area contributed by atoms with Gasteiger partial charge in [-0.05, 0) is 39.1 Å². The number of carbonyl (C=O) groups excluding carboxylic acids is 1. The molecule has 0 aromatic heterocycles. The molecular formula is C15H32N4O. The number of hydrogen-bond donors (Lipinski definition) is 1. The molecule has 1 amide bonds. The van der Waals surface area contributed by atoms with Crippen LogP contribution in [0.15, 0.2) is 0 Å². The van der Waals surface area contributed by atoms with Gasteiger partial charge in [0, 0.05) is 26.2 Å². The van der Waals surface area contributed by atoms with E-state index in [1.165, 1.54) is 0 Å². The van der Waals surface area contributed by atoms with Crippen LogP contribution in [0.5, 0.6) is 0 Å². The Hall–Kier alpha value is -0.650. The van der Waals surface area contributed by atoms with Crippen LogP contribution < -0.4 is 5.32 Å². The maximum Gasteiger partial charge on any atom is 0.236 e. The van der Waals surface area contributed by atoms with Gasteiger partial charge in [-0.2, -0.15) is 0 Å². The Labute approximate surface area is 124 Å². The SMILES string of the molecule is CCN(CC)CCCN(CC)CC(=O)N1CCNCC1. The van der Waals surface area contributed by atoms with Gasteiger partial charge in [0.05, 0.1) is 6.54 Å². The Morgan fingerprint density at radius 2 is 1.55 bits per heavy atom. The summed E-state index contributed by atoms with van der Waals surface area (Å²) in [5.41, 5.74) is 0. The predicted molar refractivity (Wildman–Crippen MR) is 84.0 cm³/mol. The molecule has 0 spiro atoms. The standard InChI is InChI=1S/C15H32N4O/c1-4-17(5-2)10-7-11-18(6-3)14-15(20)19-12-8-16-9-13-19/h16H,4-14H2,1-3H3. The molecule has 5 nitrogen and oxygen atoms in total.